The van der Waals surface area contributed by atoms with Crippen LogP contribution in [-0.4, -0.2) is 24.9 Å². The van der Waals surface area contributed by atoms with Gasteiger partial charge in [-0.3, -0.25) is 15.5 Å². The van der Waals surface area contributed by atoms with Gasteiger partial charge in [-0.2, -0.15) is 4.98 Å². The summed E-state index contributed by atoms with van der Waals surface area (Å²) in [7, 11) is 0. The van der Waals surface area contributed by atoms with Crippen molar-refractivity contribution in [1.29, 1.82) is 0 Å². The number of hydrazine groups is 1. The van der Waals surface area contributed by atoms with Crippen molar-refractivity contribution in [3.63, 3.8) is 0 Å². The Kier molecular flexibility index (Phi) is 3.82. The smallest absolute Gasteiger partial charge is 0.292 e. The Bertz CT molecular complexity index is 621. The normalized spacial score (nSPS) is 10.2. The maximum Gasteiger partial charge on any atom is 0.320 e. The standard InChI is InChI=1S/C9H9N7O2S/c1-5-2-3-11-9(13-5)19-7-6(16(17)18)4-12-8(14-7)15-10/h2-4H,10H2,1H3,(H,12,14,15). The van der Waals surface area contributed by atoms with Crippen LogP contribution in [0.4, 0.5) is 11.6 Å². The molecule has 0 saturated heterocycles. The van der Waals surface area contributed by atoms with Crippen LogP contribution in [0, 0.1) is 17.0 Å². The molecule has 2 aromatic rings. The minimum absolute atomic E-state index is 0.0840. The monoisotopic (exact) mass is 279 g/mol. The quantitative estimate of drug-likeness (QED) is 0.275. The first-order valence-corrected chi connectivity index (χ1v) is 5.87. The molecule has 0 bridgehead atoms. The second kappa shape index (κ2) is 5.54. The zero-order chi connectivity index (χ0) is 13.8. The van der Waals surface area contributed by atoms with Crippen LogP contribution in [0.15, 0.2) is 28.6 Å². The number of hydrogen-bond donors (Lipinski definition) is 2. The number of nitrogen functional groups attached to an aromatic ring is 1. The lowest BCUT2D eigenvalue weighted by molar-refractivity contribution is -0.388. The number of nitrogens with two attached hydrogens (primary N) is 1. The van der Waals surface area contributed by atoms with Crippen molar-refractivity contribution >= 4 is 23.4 Å². The molecule has 2 heterocycles. The minimum atomic E-state index is -0.571. The van der Waals surface area contributed by atoms with Gasteiger partial charge < -0.3 is 0 Å². The number of nitro groups is 1. The predicted molar refractivity (Wildman–Crippen MR) is 67.4 cm³/mol. The van der Waals surface area contributed by atoms with Crippen LogP contribution in [0.3, 0.4) is 0 Å². The van der Waals surface area contributed by atoms with Gasteiger partial charge in [0.05, 0.1) is 4.92 Å². The zero-order valence-corrected chi connectivity index (χ0v) is 10.6. The zero-order valence-electron chi connectivity index (χ0n) is 9.77. The summed E-state index contributed by atoms with van der Waals surface area (Å²) in [4.78, 5) is 26.1. The topological polar surface area (TPSA) is 133 Å². The highest BCUT2D eigenvalue weighted by Gasteiger charge is 2.19. The third-order valence-electron chi connectivity index (χ3n) is 2.02. The van der Waals surface area contributed by atoms with Crippen LogP contribution in [0.25, 0.3) is 0 Å². The fourth-order valence-corrected chi connectivity index (χ4v) is 2.03. The molecule has 98 valence electrons. The van der Waals surface area contributed by atoms with Crippen molar-refractivity contribution < 1.29 is 4.92 Å². The lowest BCUT2D eigenvalue weighted by Crippen LogP contribution is -2.11. The first-order valence-electron chi connectivity index (χ1n) is 5.05. The number of nitrogens with one attached hydrogen (secondary N) is 1. The molecule has 3 N–H and O–H groups in total. The minimum Gasteiger partial charge on any atom is -0.292 e. The molecule has 10 heteroatoms. The number of anilines is 1. The lowest BCUT2D eigenvalue weighted by atomic mass is 10.5. The maximum absolute atomic E-state index is 10.9. The van der Waals surface area contributed by atoms with Crippen molar-refractivity contribution in [3.8, 4) is 0 Å². The van der Waals surface area contributed by atoms with Crippen LogP contribution >= 0.6 is 11.8 Å². The van der Waals surface area contributed by atoms with E-state index in [2.05, 4.69) is 25.4 Å². The summed E-state index contributed by atoms with van der Waals surface area (Å²) in [6.45, 7) is 1.80. The molecule has 0 fully saturated rings. The summed E-state index contributed by atoms with van der Waals surface area (Å²) in [5, 5.41) is 11.4. The molecule has 2 rings (SSSR count). The summed E-state index contributed by atoms with van der Waals surface area (Å²) in [5.41, 5.74) is 2.76. The van der Waals surface area contributed by atoms with E-state index in [4.69, 9.17) is 5.84 Å². The molecule has 0 spiro atoms. The van der Waals surface area contributed by atoms with Crippen LogP contribution < -0.4 is 11.3 Å². The second-order valence-electron chi connectivity index (χ2n) is 3.37. The third kappa shape index (κ3) is 3.11. The Labute approximate surface area is 111 Å². The summed E-state index contributed by atoms with van der Waals surface area (Å²) in [5.74, 6) is 5.26. The van der Waals surface area contributed by atoms with Gasteiger partial charge in [0, 0.05) is 11.9 Å². The van der Waals surface area contributed by atoms with E-state index < -0.39 is 4.92 Å². The number of hydrogen-bond acceptors (Lipinski definition) is 9. The van der Waals surface area contributed by atoms with Gasteiger partial charge >= 0.3 is 5.69 Å². The number of aromatic nitrogens is 4. The Balaban J connectivity index is 2.39. The third-order valence-corrected chi connectivity index (χ3v) is 2.90. The fourth-order valence-electron chi connectivity index (χ4n) is 1.19. The van der Waals surface area contributed by atoms with E-state index in [9.17, 15) is 10.1 Å². The van der Waals surface area contributed by atoms with E-state index in [1.54, 1.807) is 19.2 Å². The van der Waals surface area contributed by atoms with Gasteiger partial charge in [-0.1, -0.05) is 0 Å². The molecule has 0 aliphatic heterocycles. The second-order valence-corrected chi connectivity index (χ2v) is 4.32. The molecule has 0 amide bonds. The molecule has 0 saturated carbocycles. The van der Waals surface area contributed by atoms with Crippen molar-refractivity contribution in [3.05, 3.63) is 34.3 Å². The van der Waals surface area contributed by atoms with Crippen LogP contribution in [0.5, 0.6) is 0 Å². The van der Waals surface area contributed by atoms with Crippen molar-refractivity contribution in [2.24, 2.45) is 5.84 Å². The highest BCUT2D eigenvalue weighted by molar-refractivity contribution is 7.99. The van der Waals surface area contributed by atoms with Gasteiger partial charge in [-0.15, -0.1) is 0 Å². The Morgan fingerprint density at radius 2 is 2.21 bits per heavy atom. The molecule has 0 aliphatic rings. The van der Waals surface area contributed by atoms with Gasteiger partial charge in [-0.05, 0) is 24.8 Å². The van der Waals surface area contributed by atoms with E-state index in [1.165, 1.54) is 0 Å². The van der Waals surface area contributed by atoms with Crippen molar-refractivity contribution in [1.82, 2.24) is 19.9 Å². The Morgan fingerprint density at radius 1 is 1.42 bits per heavy atom. The predicted octanol–water partition coefficient (Wildman–Crippen LogP) is 0.920. The maximum atomic E-state index is 10.9. The van der Waals surface area contributed by atoms with Gasteiger partial charge in [-0.25, -0.2) is 20.8 Å². The van der Waals surface area contributed by atoms with Crippen molar-refractivity contribution in [2.75, 3.05) is 5.43 Å². The summed E-state index contributed by atoms with van der Waals surface area (Å²) in [6, 6.07) is 1.73. The summed E-state index contributed by atoms with van der Waals surface area (Å²) < 4.78 is 0. The van der Waals surface area contributed by atoms with E-state index >= 15 is 0 Å². The van der Waals surface area contributed by atoms with Gasteiger partial charge in [0.2, 0.25) is 5.95 Å². The Morgan fingerprint density at radius 3 is 2.84 bits per heavy atom. The molecule has 9 nitrogen and oxygen atoms in total. The molecule has 0 aromatic carbocycles. The van der Waals surface area contributed by atoms with E-state index in [0.717, 1.165) is 23.7 Å². The molecule has 0 atom stereocenters. The molecule has 0 radical (unpaired) electrons. The molecular weight excluding hydrogens is 270 g/mol. The Hall–Kier alpha value is -2.33. The molecule has 19 heavy (non-hydrogen) atoms. The van der Waals surface area contributed by atoms with Gasteiger partial charge in [0.1, 0.15) is 6.20 Å². The van der Waals surface area contributed by atoms with Crippen LogP contribution in [-0.2, 0) is 0 Å². The molecule has 2 aromatic heterocycles. The molecular formula is C9H9N7O2S. The average molecular weight is 279 g/mol. The first kappa shape index (κ1) is 13.1. The van der Waals surface area contributed by atoms with Gasteiger partial charge in [0.15, 0.2) is 10.2 Å². The van der Waals surface area contributed by atoms with Crippen LogP contribution in [0.1, 0.15) is 5.69 Å². The van der Waals surface area contributed by atoms with Crippen molar-refractivity contribution in [2.45, 2.75) is 17.1 Å². The fraction of sp³-hybridized carbons (Fsp3) is 0.111. The van der Waals surface area contributed by atoms with E-state index in [1.807, 2.05) is 0 Å². The highest BCUT2D eigenvalue weighted by Crippen LogP contribution is 2.31. The van der Waals surface area contributed by atoms with Gasteiger partial charge in [0.25, 0.3) is 0 Å². The summed E-state index contributed by atoms with van der Waals surface area (Å²) >= 11 is 0.976. The highest BCUT2D eigenvalue weighted by atomic mass is 32.2. The summed E-state index contributed by atoms with van der Waals surface area (Å²) in [6.07, 6.45) is 2.65. The lowest BCUT2D eigenvalue weighted by Gasteiger charge is -2.03. The largest absolute Gasteiger partial charge is 0.320 e. The molecule has 0 unspecified atom stereocenters. The van der Waals surface area contributed by atoms with E-state index in [0.29, 0.717) is 5.16 Å². The number of aryl methyl sites for hydroxylation is 1. The average Bonchev–Trinajstić information content (AvgIpc) is 2.38. The van der Waals surface area contributed by atoms with Crippen LogP contribution in [0.2, 0.25) is 0 Å². The number of rotatable bonds is 4. The number of nitrogens with zero attached hydrogens (tertiary/aromatic N) is 5. The SMILES string of the molecule is Cc1ccnc(Sc2nc(NN)ncc2[N+](=O)[O-])n1. The molecule has 0 aliphatic carbocycles. The first-order chi connectivity index (χ1) is 9.10. The van der Waals surface area contributed by atoms with E-state index in [-0.39, 0.29) is 16.7 Å².